The van der Waals surface area contributed by atoms with Crippen LogP contribution in [0.25, 0.3) is 11.5 Å². The molecule has 1 aliphatic heterocycles. The third kappa shape index (κ3) is 5.59. The number of nitrogens with zero attached hydrogens (tertiary/aromatic N) is 3. The number of halogens is 3. The number of ether oxygens (including phenoxy) is 1. The first kappa shape index (κ1) is 23.0. The Hall–Kier alpha value is -3.21. The van der Waals surface area contributed by atoms with Gasteiger partial charge in [0.2, 0.25) is 5.89 Å². The van der Waals surface area contributed by atoms with Crippen LogP contribution in [0.15, 0.2) is 52.9 Å². The normalized spacial score (nSPS) is 16.5. The Kier molecular flexibility index (Phi) is 6.77. The van der Waals surface area contributed by atoms with E-state index in [1.165, 1.54) is 0 Å². The molecule has 1 aliphatic rings. The van der Waals surface area contributed by atoms with E-state index in [-0.39, 0.29) is 23.7 Å². The molecule has 7 nitrogen and oxygen atoms in total. The number of aromatic nitrogens is 2. The van der Waals surface area contributed by atoms with Gasteiger partial charge in [-0.05, 0) is 35.4 Å². The molecule has 1 saturated heterocycles. The van der Waals surface area contributed by atoms with Crippen LogP contribution in [-0.4, -0.2) is 47.1 Å². The molecule has 1 N–H and O–H groups in total. The highest BCUT2D eigenvalue weighted by molar-refractivity contribution is 7.99. The summed E-state index contributed by atoms with van der Waals surface area (Å²) in [6.07, 6.45) is -4.69. The molecule has 0 aliphatic carbocycles. The van der Waals surface area contributed by atoms with Crippen molar-refractivity contribution < 1.29 is 27.1 Å². The van der Waals surface area contributed by atoms with E-state index in [1.54, 1.807) is 36.3 Å². The fourth-order valence-corrected chi connectivity index (χ4v) is 4.61. The molecule has 2 heterocycles. The van der Waals surface area contributed by atoms with Crippen LogP contribution in [0.3, 0.4) is 0 Å². The number of methoxy groups -OCH3 is 1. The van der Waals surface area contributed by atoms with E-state index in [4.69, 9.17) is 4.74 Å². The van der Waals surface area contributed by atoms with E-state index in [2.05, 4.69) is 19.9 Å². The first-order valence-electron chi connectivity index (χ1n) is 10.1. The van der Waals surface area contributed by atoms with Crippen LogP contribution in [0.5, 0.6) is 5.75 Å². The Bertz CT molecular complexity index is 1090. The number of rotatable bonds is 5. The summed E-state index contributed by atoms with van der Waals surface area (Å²) < 4.78 is 47.7. The van der Waals surface area contributed by atoms with Gasteiger partial charge in [0.25, 0.3) is 0 Å². The summed E-state index contributed by atoms with van der Waals surface area (Å²) in [7, 11) is 1.62. The standard InChI is InChI=1S/C22H21F3N4O3S/c1-31-17-8-6-15(7-9-17)18-13-29(10-11-33-18)21(30)26-12-14-2-4-16(5-3-14)19-27-28-20(32-19)22(23,24)25/h2-9,18H,10-13H2,1H3,(H,26,30). The fraction of sp³-hybridized carbons (Fsp3) is 0.318. The number of thioether (sulfide) groups is 1. The molecule has 0 spiro atoms. The van der Waals surface area contributed by atoms with E-state index in [0.717, 1.165) is 22.6 Å². The summed E-state index contributed by atoms with van der Waals surface area (Å²) in [5.74, 6) is 0.0259. The average molecular weight is 478 g/mol. The van der Waals surface area contributed by atoms with Gasteiger partial charge >= 0.3 is 18.1 Å². The van der Waals surface area contributed by atoms with E-state index in [1.807, 2.05) is 36.0 Å². The second kappa shape index (κ2) is 9.74. The zero-order valence-corrected chi connectivity index (χ0v) is 18.4. The fourth-order valence-electron chi connectivity index (χ4n) is 3.36. The molecule has 1 aromatic heterocycles. The lowest BCUT2D eigenvalue weighted by Crippen LogP contribution is -2.44. The van der Waals surface area contributed by atoms with Gasteiger partial charge in [0.05, 0.1) is 7.11 Å². The van der Waals surface area contributed by atoms with Crippen molar-refractivity contribution in [3.05, 3.63) is 65.5 Å². The van der Waals surface area contributed by atoms with Crippen molar-refractivity contribution in [3.63, 3.8) is 0 Å². The lowest BCUT2D eigenvalue weighted by molar-refractivity contribution is -0.156. The maximum absolute atomic E-state index is 12.7. The number of carbonyl (C=O) groups excluding carboxylic acids is 1. The second-order valence-corrected chi connectivity index (χ2v) is 8.65. The van der Waals surface area contributed by atoms with Gasteiger partial charge in [-0.1, -0.05) is 24.3 Å². The molecule has 4 rings (SSSR count). The van der Waals surface area contributed by atoms with Crippen LogP contribution < -0.4 is 10.1 Å². The molecule has 1 unspecified atom stereocenters. The van der Waals surface area contributed by atoms with Gasteiger partial charge in [0.15, 0.2) is 0 Å². The van der Waals surface area contributed by atoms with Gasteiger partial charge in [-0.3, -0.25) is 0 Å². The van der Waals surface area contributed by atoms with Crippen LogP contribution in [-0.2, 0) is 12.7 Å². The Morgan fingerprint density at radius 1 is 1.18 bits per heavy atom. The molecular formula is C22H21F3N4O3S. The zero-order valence-electron chi connectivity index (χ0n) is 17.6. The third-order valence-corrected chi connectivity index (χ3v) is 6.40. The summed E-state index contributed by atoms with van der Waals surface area (Å²) in [6.45, 7) is 1.54. The summed E-state index contributed by atoms with van der Waals surface area (Å²) in [5.41, 5.74) is 2.30. The topological polar surface area (TPSA) is 80.5 Å². The molecule has 33 heavy (non-hydrogen) atoms. The summed E-state index contributed by atoms with van der Waals surface area (Å²) >= 11 is 1.82. The zero-order chi connectivity index (χ0) is 23.4. The van der Waals surface area contributed by atoms with Crippen molar-refractivity contribution in [2.75, 3.05) is 26.0 Å². The highest BCUT2D eigenvalue weighted by Crippen LogP contribution is 2.34. The van der Waals surface area contributed by atoms with Gasteiger partial charge in [0.1, 0.15) is 5.75 Å². The Morgan fingerprint density at radius 2 is 1.91 bits per heavy atom. The van der Waals surface area contributed by atoms with Gasteiger partial charge in [-0.25, -0.2) is 4.79 Å². The maximum atomic E-state index is 12.7. The molecule has 0 saturated carbocycles. The van der Waals surface area contributed by atoms with Crippen molar-refractivity contribution in [3.8, 4) is 17.2 Å². The van der Waals surface area contributed by atoms with E-state index in [0.29, 0.717) is 18.7 Å². The van der Waals surface area contributed by atoms with Crippen LogP contribution in [0, 0.1) is 0 Å². The van der Waals surface area contributed by atoms with E-state index < -0.39 is 12.1 Å². The second-order valence-electron chi connectivity index (χ2n) is 7.34. The van der Waals surface area contributed by atoms with Crippen LogP contribution >= 0.6 is 11.8 Å². The SMILES string of the molecule is COc1ccc(C2CN(C(=O)NCc3ccc(-c4nnc(C(F)(F)F)o4)cc3)CCS2)cc1. The molecule has 11 heteroatoms. The molecule has 2 amide bonds. The van der Waals surface area contributed by atoms with E-state index >= 15 is 0 Å². The summed E-state index contributed by atoms with van der Waals surface area (Å²) in [5, 5.41) is 9.55. The molecule has 1 fully saturated rings. The van der Waals surface area contributed by atoms with E-state index in [9.17, 15) is 18.0 Å². The number of hydrogen-bond acceptors (Lipinski definition) is 6. The van der Waals surface area contributed by atoms with Crippen molar-refractivity contribution >= 4 is 17.8 Å². The predicted molar refractivity (Wildman–Crippen MR) is 117 cm³/mol. The third-order valence-electron chi connectivity index (χ3n) is 5.15. The molecule has 2 aromatic carbocycles. The van der Waals surface area contributed by atoms with Gasteiger partial charge in [-0.2, -0.15) is 24.9 Å². The number of nitrogens with one attached hydrogen (secondary N) is 1. The van der Waals surface area contributed by atoms with Gasteiger partial charge < -0.3 is 19.4 Å². The highest BCUT2D eigenvalue weighted by Gasteiger charge is 2.38. The lowest BCUT2D eigenvalue weighted by Gasteiger charge is -2.32. The van der Waals surface area contributed by atoms with Crippen LogP contribution in [0.1, 0.15) is 22.3 Å². The van der Waals surface area contributed by atoms with Gasteiger partial charge in [-0.15, -0.1) is 10.2 Å². The van der Waals surface area contributed by atoms with Crippen molar-refractivity contribution in [2.24, 2.45) is 0 Å². The maximum Gasteiger partial charge on any atom is 0.470 e. The molecule has 174 valence electrons. The van der Waals surface area contributed by atoms with Crippen molar-refractivity contribution in [1.82, 2.24) is 20.4 Å². The summed E-state index contributed by atoms with van der Waals surface area (Å²) in [6, 6.07) is 14.2. The Labute approximate surface area is 192 Å². The van der Waals surface area contributed by atoms with Crippen molar-refractivity contribution in [1.29, 1.82) is 0 Å². The minimum Gasteiger partial charge on any atom is -0.497 e. The molecule has 0 radical (unpaired) electrons. The minimum absolute atomic E-state index is 0.162. The monoisotopic (exact) mass is 478 g/mol. The summed E-state index contributed by atoms with van der Waals surface area (Å²) in [4.78, 5) is 14.5. The predicted octanol–water partition coefficient (Wildman–Crippen LogP) is 4.76. The minimum atomic E-state index is -4.69. The highest BCUT2D eigenvalue weighted by atomic mass is 32.2. The smallest absolute Gasteiger partial charge is 0.470 e. The Balaban J connectivity index is 1.32. The molecule has 1 atom stereocenters. The quantitative estimate of drug-likeness (QED) is 0.569. The Morgan fingerprint density at radius 3 is 2.55 bits per heavy atom. The van der Waals surface area contributed by atoms with Crippen LogP contribution in [0.2, 0.25) is 0 Å². The molecule has 0 bridgehead atoms. The first-order valence-corrected chi connectivity index (χ1v) is 11.2. The number of amides is 2. The van der Waals surface area contributed by atoms with Crippen LogP contribution in [0.4, 0.5) is 18.0 Å². The number of benzene rings is 2. The first-order chi connectivity index (χ1) is 15.8. The molecule has 3 aromatic rings. The van der Waals surface area contributed by atoms with Gasteiger partial charge in [0, 0.05) is 36.2 Å². The lowest BCUT2D eigenvalue weighted by atomic mass is 10.1. The number of hydrogen-bond donors (Lipinski definition) is 1. The van der Waals surface area contributed by atoms with Crippen molar-refractivity contribution in [2.45, 2.75) is 18.0 Å². The average Bonchev–Trinajstić information content (AvgIpc) is 3.34. The largest absolute Gasteiger partial charge is 0.497 e. The number of alkyl halides is 3. The molecular weight excluding hydrogens is 457 g/mol. The number of carbonyl (C=O) groups is 1. The number of urea groups is 1.